The van der Waals surface area contributed by atoms with E-state index in [0.29, 0.717) is 17.2 Å². The Kier molecular flexibility index (Phi) is 7.52. The van der Waals surface area contributed by atoms with Crippen molar-refractivity contribution in [1.82, 2.24) is 0 Å². The Balaban J connectivity index is 1.98. The van der Waals surface area contributed by atoms with Gasteiger partial charge >= 0.3 is 5.97 Å². The Hall–Kier alpha value is -2.80. The number of methoxy groups -OCH3 is 2. The van der Waals surface area contributed by atoms with E-state index >= 15 is 0 Å². The molecule has 3 rings (SSSR count). The highest BCUT2D eigenvalue weighted by atomic mass is 32.2. The lowest BCUT2D eigenvalue weighted by Gasteiger charge is -2.43. The summed E-state index contributed by atoms with van der Waals surface area (Å²) in [5, 5.41) is 9.79. The van der Waals surface area contributed by atoms with Crippen LogP contribution in [-0.4, -0.2) is 53.3 Å². The fourth-order valence-electron chi connectivity index (χ4n) is 4.01. The number of ketones is 1. The molecular formula is C26H31NO5S. The van der Waals surface area contributed by atoms with Crippen molar-refractivity contribution in [3.8, 4) is 22.6 Å². The molecule has 7 heteroatoms. The summed E-state index contributed by atoms with van der Waals surface area (Å²) < 4.78 is 11.3. The van der Waals surface area contributed by atoms with Crippen LogP contribution in [0.25, 0.3) is 11.1 Å². The van der Waals surface area contributed by atoms with E-state index in [2.05, 4.69) is 4.99 Å². The molecule has 0 aliphatic heterocycles. The molecule has 1 saturated carbocycles. The largest absolute Gasteiger partial charge is 0.496 e. The summed E-state index contributed by atoms with van der Waals surface area (Å²) in [7, 11) is 3.16. The third-order valence-corrected chi connectivity index (χ3v) is 7.04. The summed E-state index contributed by atoms with van der Waals surface area (Å²) in [6.07, 6.45) is 0.157. The Morgan fingerprint density at radius 2 is 1.70 bits per heavy atom. The van der Waals surface area contributed by atoms with Crippen LogP contribution >= 0.6 is 11.8 Å². The van der Waals surface area contributed by atoms with Gasteiger partial charge < -0.3 is 14.6 Å². The van der Waals surface area contributed by atoms with Crippen LogP contribution in [0.3, 0.4) is 0 Å². The lowest BCUT2D eigenvalue weighted by molar-refractivity contribution is -0.138. The van der Waals surface area contributed by atoms with Crippen LogP contribution in [0.15, 0.2) is 47.5 Å². The van der Waals surface area contributed by atoms with Gasteiger partial charge in [-0.2, -0.15) is 0 Å². The van der Waals surface area contributed by atoms with Crippen LogP contribution in [0.1, 0.15) is 33.3 Å². The zero-order chi connectivity index (χ0) is 24.3. The second kappa shape index (κ2) is 10.00. The van der Waals surface area contributed by atoms with Crippen LogP contribution in [0.5, 0.6) is 11.5 Å². The number of hydrogen-bond acceptors (Lipinski definition) is 6. The number of carboxylic acid groups (broad SMARTS) is 1. The van der Waals surface area contributed by atoms with Crippen molar-refractivity contribution in [1.29, 1.82) is 0 Å². The van der Waals surface area contributed by atoms with Crippen LogP contribution in [0, 0.1) is 5.41 Å². The van der Waals surface area contributed by atoms with Crippen molar-refractivity contribution >= 4 is 29.2 Å². The first-order valence-corrected chi connectivity index (χ1v) is 11.9. The number of nitrogens with zero attached hydrogens (tertiary/aromatic N) is 1. The molecule has 2 aromatic rings. The Morgan fingerprint density at radius 3 is 2.18 bits per heavy atom. The van der Waals surface area contributed by atoms with E-state index in [1.807, 2.05) is 70.2 Å². The van der Waals surface area contributed by atoms with Crippen molar-refractivity contribution in [3.05, 3.63) is 48.0 Å². The topological polar surface area (TPSA) is 85.2 Å². The van der Waals surface area contributed by atoms with E-state index < -0.39 is 17.4 Å². The SMILES string of the molecule is COc1cc(C[C@H](N=C2C(SC(C)C)C(=O)C2(C)C)C(=O)O)cc(OC)c1-c1ccccc1. The first kappa shape index (κ1) is 24.8. The number of thioether (sulfide) groups is 1. The van der Waals surface area contributed by atoms with E-state index in [1.165, 1.54) is 11.8 Å². The van der Waals surface area contributed by atoms with Gasteiger partial charge in [-0.25, -0.2) is 4.79 Å². The zero-order valence-corrected chi connectivity index (χ0v) is 20.7. The third-order valence-electron chi connectivity index (χ3n) is 5.79. The Labute approximate surface area is 199 Å². The maximum atomic E-state index is 12.6. The summed E-state index contributed by atoms with van der Waals surface area (Å²) in [5.41, 5.74) is 2.39. The third kappa shape index (κ3) is 5.08. The van der Waals surface area contributed by atoms with E-state index in [-0.39, 0.29) is 22.7 Å². The van der Waals surface area contributed by atoms with Gasteiger partial charge in [0.1, 0.15) is 16.7 Å². The molecular weight excluding hydrogens is 438 g/mol. The average molecular weight is 470 g/mol. The van der Waals surface area contributed by atoms with Gasteiger partial charge in [0, 0.05) is 17.4 Å². The molecule has 1 aliphatic carbocycles. The number of carbonyl (C=O) groups excluding carboxylic acids is 1. The van der Waals surface area contributed by atoms with Gasteiger partial charge in [-0.05, 0) is 37.1 Å². The molecule has 1 N–H and O–H groups in total. The lowest BCUT2D eigenvalue weighted by atomic mass is 9.68. The molecule has 1 aliphatic rings. The molecule has 0 spiro atoms. The number of aliphatic carboxylic acids is 1. The van der Waals surface area contributed by atoms with Gasteiger partial charge in [0.2, 0.25) is 0 Å². The van der Waals surface area contributed by atoms with E-state index in [1.54, 1.807) is 14.2 Å². The highest BCUT2D eigenvalue weighted by Crippen LogP contribution is 2.43. The maximum absolute atomic E-state index is 12.6. The number of carboxylic acids is 1. The minimum absolute atomic E-state index is 0.0969. The van der Waals surface area contributed by atoms with E-state index in [4.69, 9.17) is 9.47 Å². The van der Waals surface area contributed by atoms with Crippen LogP contribution < -0.4 is 9.47 Å². The predicted octanol–water partition coefficient (Wildman–Crippen LogP) is 4.93. The molecule has 6 nitrogen and oxygen atoms in total. The maximum Gasteiger partial charge on any atom is 0.328 e. The fraction of sp³-hybridized carbons (Fsp3) is 0.423. The molecule has 1 fully saturated rings. The van der Waals surface area contributed by atoms with Crippen molar-refractivity contribution in [2.75, 3.05) is 14.2 Å². The van der Waals surface area contributed by atoms with Gasteiger partial charge in [-0.1, -0.05) is 44.2 Å². The Morgan fingerprint density at radius 1 is 1.12 bits per heavy atom. The minimum Gasteiger partial charge on any atom is -0.496 e. The van der Waals surface area contributed by atoms with Gasteiger partial charge in [-0.15, -0.1) is 11.8 Å². The van der Waals surface area contributed by atoms with Crippen molar-refractivity contribution < 1.29 is 24.2 Å². The molecule has 1 unspecified atom stereocenters. The molecule has 0 saturated heterocycles. The number of rotatable bonds is 9. The second-order valence-electron chi connectivity index (χ2n) is 8.87. The number of aliphatic imine (C=N–C) groups is 1. The normalized spacial score (nSPS) is 19.3. The van der Waals surface area contributed by atoms with E-state index in [0.717, 1.165) is 16.7 Å². The summed E-state index contributed by atoms with van der Waals surface area (Å²) in [5.74, 6) is 0.259. The first-order chi connectivity index (χ1) is 15.6. The summed E-state index contributed by atoms with van der Waals surface area (Å²) in [4.78, 5) is 29.3. The molecule has 0 heterocycles. The summed E-state index contributed by atoms with van der Waals surface area (Å²) >= 11 is 1.52. The molecule has 176 valence electrons. The minimum atomic E-state index is -1.03. The van der Waals surface area contributed by atoms with Gasteiger partial charge in [0.15, 0.2) is 11.8 Å². The summed E-state index contributed by atoms with van der Waals surface area (Å²) in [6, 6.07) is 12.4. The van der Waals surface area contributed by atoms with Crippen molar-refractivity contribution in [3.63, 3.8) is 0 Å². The quantitative estimate of drug-likeness (QED) is 0.561. The predicted molar refractivity (Wildman–Crippen MR) is 133 cm³/mol. The first-order valence-electron chi connectivity index (χ1n) is 10.9. The monoisotopic (exact) mass is 469 g/mol. The zero-order valence-electron chi connectivity index (χ0n) is 19.9. The Bertz CT molecular complexity index is 1040. The molecule has 0 radical (unpaired) electrons. The number of Topliss-reactive ketones (excluding diaryl/α,β-unsaturated/α-hetero) is 1. The van der Waals surface area contributed by atoms with Crippen LogP contribution in [0.2, 0.25) is 0 Å². The number of carbonyl (C=O) groups is 2. The molecule has 0 aromatic heterocycles. The molecule has 2 atom stereocenters. The molecule has 0 amide bonds. The second-order valence-corrected chi connectivity index (χ2v) is 10.6. The van der Waals surface area contributed by atoms with Gasteiger partial charge in [-0.3, -0.25) is 9.79 Å². The molecule has 0 bridgehead atoms. The molecule has 2 aromatic carbocycles. The number of benzene rings is 2. The van der Waals surface area contributed by atoms with E-state index in [9.17, 15) is 14.7 Å². The summed E-state index contributed by atoms with van der Waals surface area (Å²) in [6.45, 7) is 7.65. The van der Waals surface area contributed by atoms with Gasteiger partial charge in [0.25, 0.3) is 0 Å². The average Bonchev–Trinajstić information content (AvgIpc) is 2.79. The number of hydrogen-bond donors (Lipinski definition) is 1. The van der Waals surface area contributed by atoms with Crippen molar-refractivity contribution in [2.45, 2.75) is 50.7 Å². The highest BCUT2D eigenvalue weighted by Gasteiger charge is 2.54. The molecule has 33 heavy (non-hydrogen) atoms. The smallest absolute Gasteiger partial charge is 0.328 e. The van der Waals surface area contributed by atoms with Crippen LogP contribution in [0.4, 0.5) is 0 Å². The highest BCUT2D eigenvalue weighted by molar-refractivity contribution is 8.02. The van der Waals surface area contributed by atoms with Gasteiger partial charge in [0.05, 0.1) is 25.2 Å². The standard InChI is InChI=1S/C26H31NO5S/c1-15(2)33-22-23(26(3,4)24(22)28)27-18(25(29)30)12-16-13-19(31-5)21(20(14-16)32-6)17-10-8-7-9-11-17/h7-11,13-15,18,22H,12H2,1-6H3,(H,29,30)/t18-,22?/m0/s1. The van der Waals surface area contributed by atoms with Crippen LogP contribution in [-0.2, 0) is 16.0 Å². The van der Waals surface area contributed by atoms with Crippen molar-refractivity contribution in [2.24, 2.45) is 10.4 Å². The lowest BCUT2D eigenvalue weighted by Crippen LogP contribution is -2.58. The number of ether oxygens (including phenoxy) is 2. The fourth-order valence-corrected chi connectivity index (χ4v) is 5.46.